The smallest absolute Gasteiger partial charge is 0.275 e. The van der Waals surface area contributed by atoms with Crippen LogP contribution in [0.3, 0.4) is 0 Å². The predicted octanol–water partition coefficient (Wildman–Crippen LogP) is 2.60. The third kappa shape index (κ3) is 2.27. The largest absolute Gasteiger partial charge is 0.333 e. The summed E-state index contributed by atoms with van der Waals surface area (Å²) >= 11 is 3.22. The van der Waals surface area contributed by atoms with E-state index in [2.05, 4.69) is 20.9 Å². The molecule has 0 atom stereocenters. The summed E-state index contributed by atoms with van der Waals surface area (Å²) in [6.45, 7) is 0.448. The van der Waals surface area contributed by atoms with Crippen LogP contribution in [0.5, 0.6) is 0 Å². The molecule has 5 nitrogen and oxygen atoms in total. The van der Waals surface area contributed by atoms with E-state index in [1.165, 1.54) is 6.07 Å². The second-order valence-corrected chi connectivity index (χ2v) is 4.18. The van der Waals surface area contributed by atoms with Crippen LogP contribution in [0.4, 0.5) is 5.69 Å². The molecule has 0 aliphatic heterocycles. The van der Waals surface area contributed by atoms with E-state index in [4.69, 9.17) is 0 Å². The number of benzene rings is 1. The van der Waals surface area contributed by atoms with Crippen molar-refractivity contribution in [1.29, 1.82) is 0 Å². The Morgan fingerprint density at radius 2 is 2.31 bits per heavy atom. The summed E-state index contributed by atoms with van der Waals surface area (Å²) in [6.07, 6.45) is 5.04. The fourth-order valence-corrected chi connectivity index (χ4v) is 1.77. The van der Waals surface area contributed by atoms with Crippen molar-refractivity contribution in [2.75, 3.05) is 0 Å². The molecule has 82 valence electrons. The lowest BCUT2D eigenvalue weighted by Crippen LogP contribution is -2.01. The Morgan fingerprint density at radius 1 is 1.50 bits per heavy atom. The SMILES string of the molecule is O=[N+]([O-])c1cc(Br)ccc1Cn1ccnc1. The molecular weight excluding hydrogens is 274 g/mol. The van der Waals surface area contributed by atoms with Gasteiger partial charge in [-0.2, -0.15) is 0 Å². The molecular formula is C10H8BrN3O2. The van der Waals surface area contributed by atoms with Crippen molar-refractivity contribution >= 4 is 21.6 Å². The molecule has 1 heterocycles. The van der Waals surface area contributed by atoms with E-state index in [0.717, 1.165) is 0 Å². The van der Waals surface area contributed by atoms with E-state index in [1.807, 2.05) is 0 Å². The van der Waals surface area contributed by atoms with Gasteiger partial charge in [-0.05, 0) is 12.1 Å². The number of hydrogen-bond donors (Lipinski definition) is 0. The number of hydrogen-bond acceptors (Lipinski definition) is 3. The highest BCUT2D eigenvalue weighted by atomic mass is 79.9. The highest BCUT2D eigenvalue weighted by Crippen LogP contribution is 2.24. The van der Waals surface area contributed by atoms with Gasteiger partial charge in [-0.3, -0.25) is 10.1 Å². The topological polar surface area (TPSA) is 61.0 Å². The molecule has 0 unspecified atom stereocenters. The first-order valence-corrected chi connectivity index (χ1v) is 5.34. The maximum Gasteiger partial charge on any atom is 0.275 e. The molecule has 0 spiro atoms. The molecule has 0 saturated heterocycles. The molecule has 0 N–H and O–H groups in total. The average molecular weight is 282 g/mol. The fraction of sp³-hybridized carbons (Fsp3) is 0.100. The van der Waals surface area contributed by atoms with Crippen LogP contribution in [0.2, 0.25) is 0 Å². The number of imidazole rings is 1. The van der Waals surface area contributed by atoms with Gasteiger partial charge in [-0.15, -0.1) is 0 Å². The van der Waals surface area contributed by atoms with Crippen molar-refractivity contribution in [2.24, 2.45) is 0 Å². The Morgan fingerprint density at radius 3 is 2.94 bits per heavy atom. The first-order chi connectivity index (χ1) is 7.66. The Labute approximate surface area is 100 Å². The maximum absolute atomic E-state index is 10.9. The van der Waals surface area contributed by atoms with Crippen LogP contribution >= 0.6 is 15.9 Å². The van der Waals surface area contributed by atoms with Gasteiger partial charge in [0.05, 0.1) is 17.8 Å². The predicted molar refractivity (Wildman–Crippen MR) is 62.1 cm³/mol. The molecule has 1 aromatic heterocycles. The summed E-state index contributed by atoms with van der Waals surface area (Å²) in [5.41, 5.74) is 0.772. The van der Waals surface area contributed by atoms with Crippen LogP contribution in [-0.4, -0.2) is 14.5 Å². The highest BCUT2D eigenvalue weighted by molar-refractivity contribution is 9.10. The van der Waals surface area contributed by atoms with Crippen LogP contribution in [0.1, 0.15) is 5.56 Å². The van der Waals surface area contributed by atoms with Gasteiger partial charge in [0.1, 0.15) is 0 Å². The van der Waals surface area contributed by atoms with Gasteiger partial charge < -0.3 is 4.57 Å². The van der Waals surface area contributed by atoms with Crippen LogP contribution in [-0.2, 0) is 6.54 Å². The van der Waals surface area contributed by atoms with E-state index in [0.29, 0.717) is 16.6 Å². The monoisotopic (exact) mass is 281 g/mol. The average Bonchev–Trinajstić information content (AvgIpc) is 2.73. The summed E-state index contributed by atoms with van der Waals surface area (Å²) in [5, 5.41) is 10.9. The lowest BCUT2D eigenvalue weighted by molar-refractivity contribution is -0.385. The standard InChI is InChI=1S/C10H8BrN3O2/c11-9-2-1-8(10(5-9)14(15)16)6-13-4-3-12-7-13/h1-5,7H,6H2. The van der Waals surface area contributed by atoms with Crippen molar-refractivity contribution in [1.82, 2.24) is 9.55 Å². The highest BCUT2D eigenvalue weighted by Gasteiger charge is 2.13. The van der Waals surface area contributed by atoms with E-state index < -0.39 is 0 Å². The number of rotatable bonds is 3. The summed E-state index contributed by atoms with van der Waals surface area (Å²) < 4.78 is 2.49. The van der Waals surface area contributed by atoms with E-state index in [-0.39, 0.29) is 10.6 Å². The summed E-state index contributed by atoms with van der Waals surface area (Å²) in [7, 11) is 0. The Kier molecular flexibility index (Phi) is 3.00. The van der Waals surface area contributed by atoms with Crippen molar-refractivity contribution in [2.45, 2.75) is 6.54 Å². The first-order valence-electron chi connectivity index (χ1n) is 4.55. The number of nitro groups is 1. The molecule has 6 heteroatoms. The Bertz CT molecular complexity index is 511. The Hall–Kier alpha value is -1.69. The van der Waals surface area contributed by atoms with E-state index in [1.54, 1.807) is 35.4 Å². The molecule has 16 heavy (non-hydrogen) atoms. The molecule has 0 radical (unpaired) electrons. The third-order valence-corrected chi connectivity index (χ3v) is 2.65. The molecule has 0 fully saturated rings. The first kappa shape index (κ1) is 10.8. The lowest BCUT2D eigenvalue weighted by atomic mass is 10.2. The number of nitrogens with zero attached hydrogens (tertiary/aromatic N) is 3. The molecule has 1 aromatic carbocycles. The van der Waals surface area contributed by atoms with Crippen molar-refractivity contribution in [3.05, 3.63) is 57.1 Å². The second-order valence-electron chi connectivity index (χ2n) is 3.27. The van der Waals surface area contributed by atoms with E-state index >= 15 is 0 Å². The van der Waals surface area contributed by atoms with Gasteiger partial charge >= 0.3 is 0 Å². The van der Waals surface area contributed by atoms with Crippen LogP contribution in [0.25, 0.3) is 0 Å². The van der Waals surface area contributed by atoms with Gasteiger partial charge in [-0.25, -0.2) is 4.98 Å². The molecule has 2 aromatic rings. The van der Waals surface area contributed by atoms with Crippen molar-refractivity contribution < 1.29 is 4.92 Å². The molecule has 2 rings (SSSR count). The van der Waals surface area contributed by atoms with Gasteiger partial charge in [0.25, 0.3) is 5.69 Å². The van der Waals surface area contributed by atoms with Crippen LogP contribution in [0.15, 0.2) is 41.4 Å². The van der Waals surface area contributed by atoms with E-state index in [9.17, 15) is 10.1 Å². The molecule has 0 bridgehead atoms. The van der Waals surface area contributed by atoms with Gasteiger partial charge in [0.15, 0.2) is 0 Å². The molecule has 0 aliphatic rings. The zero-order chi connectivity index (χ0) is 11.5. The molecule has 0 aliphatic carbocycles. The maximum atomic E-state index is 10.9. The number of halogens is 1. The van der Waals surface area contributed by atoms with Gasteiger partial charge in [-0.1, -0.05) is 15.9 Å². The second kappa shape index (κ2) is 4.44. The van der Waals surface area contributed by atoms with Crippen LogP contribution in [0, 0.1) is 10.1 Å². The number of nitro benzene ring substituents is 1. The fourth-order valence-electron chi connectivity index (χ4n) is 1.42. The Balaban J connectivity index is 2.36. The van der Waals surface area contributed by atoms with Crippen LogP contribution < -0.4 is 0 Å². The normalized spacial score (nSPS) is 10.3. The molecule has 0 amide bonds. The number of aromatic nitrogens is 2. The van der Waals surface area contributed by atoms with Gasteiger partial charge in [0.2, 0.25) is 0 Å². The minimum Gasteiger partial charge on any atom is -0.333 e. The quantitative estimate of drug-likeness (QED) is 0.642. The summed E-state index contributed by atoms with van der Waals surface area (Å²) in [4.78, 5) is 14.4. The summed E-state index contributed by atoms with van der Waals surface area (Å²) in [5.74, 6) is 0. The lowest BCUT2D eigenvalue weighted by Gasteiger charge is -2.04. The zero-order valence-corrected chi connectivity index (χ0v) is 9.79. The van der Waals surface area contributed by atoms with Gasteiger partial charge in [0, 0.05) is 28.5 Å². The minimum atomic E-state index is -0.378. The molecule has 0 saturated carbocycles. The zero-order valence-electron chi connectivity index (χ0n) is 8.21. The summed E-state index contributed by atoms with van der Waals surface area (Å²) in [6, 6.07) is 5.04. The third-order valence-electron chi connectivity index (χ3n) is 2.16. The minimum absolute atomic E-state index is 0.114. The van der Waals surface area contributed by atoms with Crippen molar-refractivity contribution in [3.63, 3.8) is 0 Å². The van der Waals surface area contributed by atoms with Crippen molar-refractivity contribution in [3.8, 4) is 0 Å².